The minimum Gasteiger partial charge on any atom is -0.480 e. The van der Waals surface area contributed by atoms with E-state index in [9.17, 15) is 9.59 Å². The number of rotatable bonds is 8. The zero-order valence-electron chi connectivity index (χ0n) is 9.90. The van der Waals surface area contributed by atoms with Crippen molar-refractivity contribution >= 4 is 11.9 Å². The van der Waals surface area contributed by atoms with Gasteiger partial charge in [0, 0.05) is 0 Å². The Hall–Kier alpha value is -1.40. The van der Waals surface area contributed by atoms with E-state index in [1.54, 1.807) is 19.1 Å². The third-order valence-electron chi connectivity index (χ3n) is 2.76. The van der Waals surface area contributed by atoms with E-state index in [4.69, 9.17) is 10.8 Å². The van der Waals surface area contributed by atoms with E-state index in [1.807, 2.05) is 0 Å². The average molecular weight is 241 g/mol. The molecule has 0 aliphatic heterocycles. The maximum absolute atomic E-state index is 11.5. The van der Waals surface area contributed by atoms with Crippen molar-refractivity contribution in [3.05, 3.63) is 12.2 Å². The number of unbranched alkanes of at least 4 members (excludes halogenated alkanes) is 1. The number of amides is 1. The van der Waals surface area contributed by atoms with Crippen LogP contribution in [0.4, 0.5) is 0 Å². The summed E-state index contributed by atoms with van der Waals surface area (Å²) in [5, 5.41) is 8.94. The van der Waals surface area contributed by atoms with Gasteiger partial charge < -0.3 is 10.8 Å². The molecule has 0 saturated carbocycles. The van der Waals surface area contributed by atoms with Crippen molar-refractivity contribution in [2.45, 2.75) is 32.2 Å². The molecule has 6 heteroatoms. The first-order chi connectivity index (χ1) is 7.99. The summed E-state index contributed by atoms with van der Waals surface area (Å²) in [6, 6.07) is -0.771. The lowest BCUT2D eigenvalue weighted by Gasteiger charge is -2.17. The summed E-state index contributed by atoms with van der Waals surface area (Å²) in [7, 11) is 0. The molecule has 96 valence electrons. The van der Waals surface area contributed by atoms with Gasteiger partial charge in [0.05, 0.1) is 5.41 Å². The molecule has 0 bridgehead atoms. The Morgan fingerprint density at radius 2 is 2.06 bits per heavy atom. The highest BCUT2D eigenvalue weighted by molar-refractivity contribution is 5.90. The second kappa shape index (κ2) is 5.79. The highest BCUT2D eigenvalue weighted by Crippen LogP contribution is 2.33. The van der Waals surface area contributed by atoms with Crippen molar-refractivity contribution in [3.63, 3.8) is 0 Å². The van der Waals surface area contributed by atoms with E-state index in [-0.39, 0.29) is 5.91 Å². The molecule has 0 aromatic rings. The largest absolute Gasteiger partial charge is 0.480 e. The SMILES string of the molecule is CC1(C(=O)NN[C@@H](CCCCN)C(=O)O)C=C1. The molecule has 1 aliphatic rings. The van der Waals surface area contributed by atoms with Crippen LogP contribution in [0.5, 0.6) is 0 Å². The van der Waals surface area contributed by atoms with E-state index >= 15 is 0 Å². The lowest BCUT2D eigenvalue weighted by Crippen LogP contribution is -2.50. The minimum absolute atomic E-state index is 0.234. The number of hydrogen-bond donors (Lipinski definition) is 4. The molecule has 0 aromatic heterocycles. The van der Waals surface area contributed by atoms with Gasteiger partial charge in [0.1, 0.15) is 6.04 Å². The number of aliphatic carboxylic acids is 1. The van der Waals surface area contributed by atoms with Gasteiger partial charge in [-0.1, -0.05) is 12.2 Å². The Kier molecular flexibility index (Phi) is 4.65. The lowest BCUT2D eigenvalue weighted by molar-refractivity contribution is -0.140. The van der Waals surface area contributed by atoms with E-state index in [1.165, 1.54) is 0 Å². The zero-order chi connectivity index (χ0) is 12.9. The summed E-state index contributed by atoms with van der Waals surface area (Å²) in [5.41, 5.74) is 9.76. The van der Waals surface area contributed by atoms with Crippen molar-refractivity contribution < 1.29 is 14.7 Å². The second-order valence-corrected chi connectivity index (χ2v) is 4.39. The fourth-order valence-electron chi connectivity index (χ4n) is 1.31. The zero-order valence-corrected chi connectivity index (χ0v) is 9.90. The average Bonchev–Trinajstić information content (AvgIpc) is 3.02. The maximum atomic E-state index is 11.5. The molecule has 0 aromatic carbocycles. The molecule has 0 heterocycles. The van der Waals surface area contributed by atoms with Gasteiger partial charge in [-0.2, -0.15) is 0 Å². The summed E-state index contributed by atoms with van der Waals surface area (Å²) in [6.07, 6.45) is 5.45. The molecule has 0 radical (unpaired) electrons. The number of hydrogen-bond acceptors (Lipinski definition) is 4. The minimum atomic E-state index is -0.976. The molecular formula is C11H19N3O3. The number of carboxylic acids is 1. The quantitative estimate of drug-likeness (QED) is 0.267. The van der Waals surface area contributed by atoms with Crippen molar-refractivity contribution in [2.24, 2.45) is 11.1 Å². The monoisotopic (exact) mass is 241 g/mol. The number of nitrogens with two attached hydrogens (primary N) is 1. The molecule has 1 atom stereocenters. The molecule has 5 N–H and O–H groups in total. The second-order valence-electron chi connectivity index (χ2n) is 4.39. The summed E-state index contributed by atoms with van der Waals surface area (Å²) >= 11 is 0. The molecule has 0 saturated heterocycles. The third-order valence-corrected chi connectivity index (χ3v) is 2.76. The van der Waals surface area contributed by atoms with Gasteiger partial charge in [-0.15, -0.1) is 0 Å². The van der Waals surface area contributed by atoms with Crippen LogP contribution in [0.15, 0.2) is 12.2 Å². The third kappa shape index (κ3) is 4.16. The predicted octanol–water partition coefficient (Wildman–Crippen LogP) is -0.234. The van der Waals surface area contributed by atoms with Gasteiger partial charge in [-0.3, -0.25) is 15.0 Å². The first-order valence-electron chi connectivity index (χ1n) is 5.69. The Morgan fingerprint density at radius 1 is 1.41 bits per heavy atom. The van der Waals surface area contributed by atoms with Crippen LogP contribution in [0.2, 0.25) is 0 Å². The van der Waals surface area contributed by atoms with E-state index in [0.717, 1.165) is 6.42 Å². The van der Waals surface area contributed by atoms with Gasteiger partial charge in [0.25, 0.3) is 0 Å². The van der Waals surface area contributed by atoms with Gasteiger partial charge in [-0.05, 0) is 32.7 Å². The van der Waals surface area contributed by atoms with Crippen LogP contribution >= 0.6 is 0 Å². The Balaban J connectivity index is 2.29. The highest BCUT2D eigenvalue weighted by atomic mass is 16.4. The number of carboxylic acid groups (broad SMARTS) is 1. The van der Waals surface area contributed by atoms with E-state index in [0.29, 0.717) is 19.4 Å². The fourth-order valence-corrected chi connectivity index (χ4v) is 1.31. The van der Waals surface area contributed by atoms with Crippen LogP contribution < -0.4 is 16.6 Å². The fraction of sp³-hybridized carbons (Fsp3) is 0.636. The summed E-state index contributed by atoms with van der Waals surface area (Å²) < 4.78 is 0. The topological polar surface area (TPSA) is 104 Å². The van der Waals surface area contributed by atoms with Crippen LogP contribution in [0.3, 0.4) is 0 Å². The van der Waals surface area contributed by atoms with E-state index in [2.05, 4.69) is 10.9 Å². The van der Waals surface area contributed by atoms with Crippen molar-refractivity contribution in [1.29, 1.82) is 0 Å². The number of hydrazine groups is 1. The van der Waals surface area contributed by atoms with Crippen molar-refractivity contribution in [2.75, 3.05) is 6.54 Å². The van der Waals surface area contributed by atoms with Crippen LogP contribution in [-0.2, 0) is 9.59 Å². The molecule has 0 fully saturated rings. The summed E-state index contributed by atoms with van der Waals surface area (Å²) in [4.78, 5) is 22.4. The normalized spacial score (nSPS) is 17.5. The lowest BCUT2D eigenvalue weighted by atomic mass is 10.1. The number of carbonyl (C=O) groups excluding carboxylic acids is 1. The predicted molar refractivity (Wildman–Crippen MR) is 62.9 cm³/mol. The van der Waals surface area contributed by atoms with Gasteiger partial charge in [0.2, 0.25) is 5.91 Å². The smallest absolute Gasteiger partial charge is 0.322 e. The summed E-state index contributed by atoms with van der Waals surface area (Å²) in [6.45, 7) is 2.30. The van der Waals surface area contributed by atoms with Crippen LogP contribution in [0.1, 0.15) is 26.2 Å². The van der Waals surface area contributed by atoms with Crippen molar-refractivity contribution in [1.82, 2.24) is 10.9 Å². The number of carbonyl (C=O) groups is 2. The van der Waals surface area contributed by atoms with Crippen LogP contribution in [0, 0.1) is 5.41 Å². The van der Waals surface area contributed by atoms with Gasteiger partial charge in [-0.25, -0.2) is 5.43 Å². The van der Waals surface area contributed by atoms with Gasteiger partial charge in [0.15, 0.2) is 0 Å². The molecule has 0 spiro atoms. The number of nitrogens with one attached hydrogen (secondary N) is 2. The molecule has 6 nitrogen and oxygen atoms in total. The van der Waals surface area contributed by atoms with E-state index < -0.39 is 17.4 Å². The van der Waals surface area contributed by atoms with Crippen LogP contribution in [0.25, 0.3) is 0 Å². The Morgan fingerprint density at radius 3 is 2.53 bits per heavy atom. The molecule has 17 heavy (non-hydrogen) atoms. The molecule has 1 amide bonds. The standard InChI is InChI=1S/C11H19N3O3/c1-11(5-6-11)10(17)14-13-8(9(15)16)4-2-3-7-12/h5-6,8,13H,2-4,7,12H2,1H3,(H,14,17)(H,15,16)/t8-/m0/s1. The first-order valence-corrected chi connectivity index (χ1v) is 5.69. The molecular weight excluding hydrogens is 222 g/mol. The highest BCUT2D eigenvalue weighted by Gasteiger charge is 2.37. The molecule has 0 unspecified atom stereocenters. The maximum Gasteiger partial charge on any atom is 0.322 e. The summed E-state index contributed by atoms with van der Waals surface area (Å²) in [5.74, 6) is -1.21. The first kappa shape index (κ1) is 13.7. The molecule has 1 rings (SSSR count). The van der Waals surface area contributed by atoms with Crippen LogP contribution in [-0.4, -0.2) is 29.6 Å². The Labute approximate surface area is 100 Å². The van der Waals surface area contributed by atoms with Crippen molar-refractivity contribution in [3.8, 4) is 0 Å². The van der Waals surface area contributed by atoms with Gasteiger partial charge >= 0.3 is 5.97 Å². The molecule has 1 aliphatic carbocycles. The Bertz CT molecular complexity index is 322.